The van der Waals surface area contributed by atoms with Crippen molar-refractivity contribution in [1.82, 2.24) is 0 Å². The van der Waals surface area contributed by atoms with Crippen molar-refractivity contribution in [2.24, 2.45) is 0 Å². The zero-order chi connectivity index (χ0) is 20.0. The fraction of sp³-hybridized carbons (Fsp3) is 0.636. The summed E-state index contributed by atoms with van der Waals surface area (Å²) in [6, 6.07) is 8.66. The number of carbonyl (C=O) groups is 2. The van der Waals surface area contributed by atoms with Crippen molar-refractivity contribution in [3.8, 4) is 0 Å². The molecule has 1 aliphatic heterocycles. The number of aryl methyl sites for hydroxylation is 1. The molecule has 1 heterocycles. The largest absolute Gasteiger partial charge is 0.465 e. The van der Waals surface area contributed by atoms with Crippen molar-refractivity contribution >= 4 is 23.5 Å². The molecule has 0 saturated carbocycles. The fourth-order valence-electron chi connectivity index (χ4n) is 2.93. The van der Waals surface area contributed by atoms with Crippen LogP contribution in [0.1, 0.15) is 57.4 Å². The van der Waals surface area contributed by atoms with Crippen LogP contribution in [0.4, 0.5) is 0 Å². The Morgan fingerprint density at radius 3 is 2.64 bits per heavy atom. The summed E-state index contributed by atoms with van der Waals surface area (Å²) in [4.78, 5) is 23.3. The predicted molar refractivity (Wildman–Crippen MR) is 111 cm³/mol. The topological polar surface area (TPSA) is 61.8 Å². The number of unbranched alkanes of at least 4 members (excludes halogenated alkanes) is 1. The monoisotopic (exact) mass is 408 g/mol. The summed E-state index contributed by atoms with van der Waals surface area (Å²) in [5, 5.41) is 0. The van der Waals surface area contributed by atoms with Gasteiger partial charge in [0.15, 0.2) is 6.29 Å². The predicted octanol–water partition coefficient (Wildman–Crippen LogP) is 4.56. The molecule has 156 valence electrons. The summed E-state index contributed by atoms with van der Waals surface area (Å²) >= 11 is 1.75. The van der Waals surface area contributed by atoms with E-state index in [2.05, 4.69) is 24.3 Å². The van der Waals surface area contributed by atoms with Gasteiger partial charge in [0, 0.05) is 23.9 Å². The number of benzene rings is 1. The fourth-order valence-corrected chi connectivity index (χ4v) is 3.76. The first-order valence-corrected chi connectivity index (χ1v) is 11.2. The molecule has 1 unspecified atom stereocenters. The third kappa shape index (κ3) is 10.2. The minimum Gasteiger partial charge on any atom is -0.465 e. The van der Waals surface area contributed by atoms with Crippen LogP contribution in [0.15, 0.2) is 29.2 Å². The van der Waals surface area contributed by atoms with E-state index in [-0.39, 0.29) is 18.5 Å². The van der Waals surface area contributed by atoms with Crippen LogP contribution in [0.3, 0.4) is 0 Å². The van der Waals surface area contributed by atoms with E-state index in [1.165, 1.54) is 23.8 Å². The van der Waals surface area contributed by atoms with Crippen LogP contribution < -0.4 is 0 Å². The molecule has 1 aromatic carbocycles. The van der Waals surface area contributed by atoms with Crippen LogP contribution in [-0.4, -0.2) is 43.6 Å². The summed E-state index contributed by atoms with van der Waals surface area (Å²) in [6.07, 6.45) is 7.29. The molecule has 0 N–H and O–H groups in total. The number of ether oxygens (including phenoxy) is 3. The third-order valence-corrected chi connectivity index (χ3v) is 5.54. The number of hydrogen-bond acceptors (Lipinski definition) is 6. The van der Waals surface area contributed by atoms with Gasteiger partial charge in [-0.1, -0.05) is 12.1 Å². The maximum atomic E-state index is 11.3. The van der Waals surface area contributed by atoms with Crippen molar-refractivity contribution in [1.29, 1.82) is 0 Å². The Kier molecular flexibility index (Phi) is 11.3. The number of carbonyl (C=O) groups excluding carboxylic acids is 2. The van der Waals surface area contributed by atoms with E-state index in [1.54, 1.807) is 11.8 Å². The van der Waals surface area contributed by atoms with Crippen LogP contribution in [0.25, 0.3) is 0 Å². The molecule has 6 heteroatoms. The second-order valence-electron chi connectivity index (χ2n) is 7.07. The SMILES string of the molecule is CC(=O)CC(=O)OCCCSc1ccc(CCCCOC2CCCCO2)cc1. The summed E-state index contributed by atoms with van der Waals surface area (Å²) in [6.45, 7) is 3.36. The molecule has 28 heavy (non-hydrogen) atoms. The van der Waals surface area contributed by atoms with Gasteiger partial charge in [-0.15, -0.1) is 11.8 Å². The van der Waals surface area contributed by atoms with Gasteiger partial charge in [-0.2, -0.15) is 0 Å². The van der Waals surface area contributed by atoms with E-state index in [0.29, 0.717) is 6.61 Å². The van der Waals surface area contributed by atoms with E-state index in [9.17, 15) is 9.59 Å². The molecular formula is C22H32O5S. The van der Waals surface area contributed by atoms with Crippen LogP contribution in [0.2, 0.25) is 0 Å². The van der Waals surface area contributed by atoms with Gasteiger partial charge in [-0.3, -0.25) is 9.59 Å². The minimum atomic E-state index is -0.432. The Labute approximate surface area is 172 Å². The summed E-state index contributed by atoms with van der Waals surface area (Å²) < 4.78 is 16.4. The van der Waals surface area contributed by atoms with Gasteiger partial charge in [-0.25, -0.2) is 0 Å². The highest BCUT2D eigenvalue weighted by molar-refractivity contribution is 7.99. The standard InChI is InChI=1S/C22H32O5S/c1-18(23)17-21(24)25-15-6-16-28-20-11-9-19(10-12-20)7-2-4-13-26-22-8-3-5-14-27-22/h9-12,22H,2-8,13-17H2,1H3. The van der Waals surface area contributed by atoms with Gasteiger partial charge in [0.25, 0.3) is 0 Å². The zero-order valence-electron chi connectivity index (χ0n) is 16.8. The molecule has 0 amide bonds. The summed E-state index contributed by atoms with van der Waals surface area (Å²) in [7, 11) is 0. The Hall–Kier alpha value is -1.37. The lowest BCUT2D eigenvalue weighted by molar-refractivity contribution is -0.162. The molecule has 1 aliphatic rings. The Morgan fingerprint density at radius 1 is 1.11 bits per heavy atom. The zero-order valence-corrected chi connectivity index (χ0v) is 17.6. The maximum absolute atomic E-state index is 11.3. The average Bonchev–Trinajstić information content (AvgIpc) is 2.69. The smallest absolute Gasteiger partial charge is 0.313 e. The quantitative estimate of drug-likeness (QED) is 0.206. The van der Waals surface area contributed by atoms with Crippen LogP contribution in [-0.2, 0) is 30.2 Å². The molecule has 1 aromatic rings. The lowest BCUT2D eigenvalue weighted by Crippen LogP contribution is -2.22. The number of esters is 1. The molecule has 0 aromatic heterocycles. The molecule has 0 aliphatic carbocycles. The first-order valence-electron chi connectivity index (χ1n) is 10.2. The minimum absolute atomic E-state index is 0.0164. The molecule has 1 fully saturated rings. The number of hydrogen-bond donors (Lipinski definition) is 0. The first-order chi connectivity index (χ1) is 13.6. The van der Waals surface area contributed by atoms with E-state index in [4.69, 9.17) is 14.2 Å². The molecule has 1 atom stereocenters. The normalized spacial score (nSPS) is 16.7. The van der Waals surface area contributed by atoms with Gasteiger partial charge >= 0.3 is 5.97 Å². The van der Waals surface area contributed by atoms with Gasteiger partial charge in [0.05, 0.1) is 6.61 Å². The van der Waals surface area contributed by atoms with Gasteiger partial charge in [0.2, 0.25) is 0 Å². The van der Waals surface area contributed by atoms with Crippen molar-refractivity contribution < 1.29 is 23.8 Å². The average molecular weight is 409 g/mol. The highest BCUT2D eigenvalue weighted by Crippen LogP contribution is 2.20. The van der Waals surface area contributed by atoms with E-state index >= 15 is 0 Å². The Bertz CT molecular complexity index is 581. The second-order valence-corrected chi connectivity index (χ2v) is 8.24. The van der Waals surface area contributed by atoms with Crippen LogP contribution in [0, 0.1) is 0 Å². The number of Topliss-reactive ketones (excluding diaryl/α,β-unsaturated/α-hetero) is 1. The van der Waals surface area contributed by atoms with Crippen LogP contribution >= 0.6 is 11.8 Å². The highest BCUT2D eigenvalue weighted by Gasteiger charge is 2.13. The Balaban J connectivity index is 1.50. The summed E-state index contributed by atoms with van der Waals surface area (Å²) in [5.41, 5.74) is 1.34. The van der Waals surface area contributed by atoms with E-state index in [0.717, 1.165) is 57.5 Å². The maximum Gasteiger partial charge on any atom is 0.313 e. The molecule has 2 rings (SSSR count). The molecule has 0 spiro atoms. The van der Waals surface area contributed by atoms with Crippen molar-refractivity contribution in [3.63, 3.8) is 0 Å². The van der Waals surface area contributed by atoms with E-state index < -0.39 is 5.97 Å². The van der Waals surface area contributed by atoms with Gasteiger partial charge < -0.3 is 14.2 Å². The Morgan fingerprint density at radius 2 is 1.93 bits per heavy atom. The summed E-state index contributed by atoms with van der Waals surface area (Å²) in [5.74, 6) is 0.288. The lowest BCUT2D eigenvalue weighted by atomic mass is 10.1. The molecule has 0 bridgehead atoms. The third-order valence-electron chi connectivity index (χ3n) is 4.44. The molecule has 0 radical (unpaired) electrons. The van der Waals surface area contributed by atoms with Crippen molar-refractivity contribution in [3.05, 3.63) is 29.8 Å². The molecule has 1 saturated heterocycles. The van der Waals surface area contributed by atoms with Gasteiger partial charge in [0.1, 0.15) is 12.2 Å². The number of ketones is 1. The molecule has 5 nitrogen and oxygen atoms in total. The van der Waals surface area contributed by atoms with E-state index in [1.807, 2.05) is 0 Å². The number of thioether (sulfide) groups is 1. The lowest BCUT2D eigenvalue weighted by Gasteiger charge is -2.22. The van der Waals surface area contributed by atoms with Crippen molar-refractivity contribution in [2.45, 2.75) is 69.5 Å². The number of rotatable bonds is 13. The highest BCUT2D eigenvalue weighted by atomic mass is 32.2. The molecular weight excluding hydrogens is 376 g/mol. The second kappa shape index (κ2) is 13.7. The first kappa shape index (κ1) is 22.9. The van der Waals surface area contributed by atoms with Crippen molar-refractivity contribution in [2.75, 3.05) is 25.6 Å². The van der Waals surface area contributed by atoms with Gasteiger partial charge in [-0.05, 0) is 69.6 Å². The van der Waals surface area contributed by atoms with Crippen LogP contribution in [0.5, 0.6) is 0 Å².